The summed E-state index contributed by atoms with van der Waals surface area (Å²) in [6.45, 7) is 0.0399. The highest BCUT2D eigenvalue weighted by Gasteiger charge is 2.31. The standard InChI is InChI=1S/C9H9F3NO/c10-9(11,12)14-8-4-2-1-3-7(8)5-6-13/h1-4,13H,5-6H2. The van der Waals surface area contributed by atoms with Crippen molar-refractivity contribution in [2.45, 2.75) is 12.8 Å². The summed E-state index contributed by atoms with van der Waals surface area (Å²) in [6.07, 6.45) is -4.41. The molecule has 1 aromatic rings. The summed E-state index contributed by atoms with van der Waals surface area (Å²) in [6, 6.07) is 5.86. The van der Waals surface area contributed by atoms with Crippen molar-refractivity contribution < 1.29 is 17.9 Å². The van der Waals surface area contributed by atoms with Crippen LogP contribution in [0, 0.1) is 0 Å². The lowest BCUT2D eigenvalue weighted by Gasteiger charge is -2.12. The van der Waals surface area contributed by atoms with Crippen LogP contribution in [-0.2, 0) is 6.42 Å². The number of alkyl halides is 3. The molecule has 0 atom stereocenters. The fourth-order valence-electron chi connectivity index (χ4n) is 1.07. The molecule has 0 saturated heterocycles. The molecule has 0 saturated carbocycles. The fourth-order valence-corrected chi connectivity index (χ4v) is 1.07. The van der Waals surface area contributed by atoms with Crippen LogP contribution in [0.25, 0.3) is 0 Å². The highest BCUT2D eigenvalue weighted by Crippen LogP contribution is 2.26. The van der Waals surface area contributed by atoms with Crippen molar-refractivity contribution in [1.29, 1.82) is 0 Å². The quantitative estimate of drug-likeness (QED) is 0.744. The van der Waals surface area contributed by atoms with Crippen molar-refractivity contribution >= 4 is 0 Å². The SMILES string of the molecule is [NH]CCc1ccccc1OC(F)(F)F. The summed E-state index contributed by atoms with van der Waals surface area (Å²) < 4.78 is 39.5. The molecule has 14 heavy (non-hydrogen) atoms. The molecule has 0 bridgehead atoms. The molecular formula is C9H9F3NO. The first-order valence-electron chi connectivity index (χ1n) is 4.01. The van der Waals surface area contributed by atoms with Crippen LogP contribution in [0.2, 0.25) is 0 Å². The topological polar surface area (TPSA) is 33.0 Å². The van der Waals surface area contributed by atoms with Gasteiger partial charge in [0.05, 0.1) is 0 Å². The lowest BCUT2D eigenvalue weighted by Crippen LogP contribution is -2.18. The van der Waals surface area contributed by atoms with Gasteiger partial charge in [0, 0.05) is 6.54 Å². The zero-order valence-electron chi connectivity index (χ0n) is 7.27. The van der Waals surface area contributed by atoms with Crippen molar-refractivity contribution in [1.82, 2.24) is 5.73 Å². The van der Waals surface area contributed by atoms with Gasteiger partial charge >= 0.3 is 6.36 Å². The van der Waals surface area contributed by atoms with Gasteiger partial charge in [-0.3, -0.25) is 5.73 Å². The molecule has 0 heterocycles. The van der Waals surface area contributed by atoms with E-state index in [0.717, 1.165) is 0 Å². The molecule has 1 rings (SSSR count). The Kier molecular flexibility index (Phi) is 3.35. The maximum atomic E-state index is 11.9. The average molecular weight is 204 g/mol. The molecule has 1 aromatic carbocycles. The molecule has 1 radical (unpaired) electrons. The van der Waals surface area contributed by atoms with E-state index >= 15 is 0 Å². The number of hydrogen-bond donors (Lipinski definition) is 0. The Morgan fingerprint density at radius 3 is 2.43 bits per heavy atom. The second-order valence-electron chi connectivity index (χ2n) is 2.66. The fraction of sp³-hybridized carbons (Fsp3) is 0.333. The third-order valence-electron chi connectivity index (χ3n) is 1.59. The van der Waals surface area contributed by atoms with Gasteiger partial charge in [0.2, 0.25) is 0 Å². The monoisotopic (exact) mass is 204 g/mol. The predicted octanol–water partition coefficient (Wildman–Crippen LogP) is 2.41. The second kappa shape index (κ2) is 4.32. The maximum absolute atomic E-state index is 11.9. The highest BCUT2D eigenvalue weighted by molar-refractivity contribution is 5.33. The summed E-state index contributed by atoms with van der Waals surface area (Å²) in [5.74, 6) is -0.216. The van der Waals surface area contributed by atoms with E-state index in [9.17, 15) is 13.2 Å². The van der Waals surface area contributed by atoms with E-state index in [1.165, 1.54) is 18.2 Å². The van der Waals surface area contributed by atoms with Gasteiger partial charge < -0.3 is 4.74 Å². The molecule has 5 heteroatoms. The van der Waals surface area contributed by atoms with Crippen LogP contribution < -0.4 is 10.5 Å². The molecule has 0 unspecified atom stereocenters. The Bertz CT molecular complexity index is 298. The average Bonchev–Trinajstić information content (AvgIpc) is 2.06. The number of halogens is 3. The van der Waals surface area contributed by atoms with Gasteiger partial charge in [0.15, 0.2) is 0 Å². The Balaban J connectivity index is 2.84. The largest absolute Gasteiger partial charge is 0.573 e. The van der Waals surface area contributed by atoms with E-state index < -0.39 is 6.36 Å². The van der Waals surface area contributed by atoms with Gasteiger partial charge in [0.1, 0.15) is 5.75 Å². The normalized spacial score (nSPS) is 11.4. The number of hydrogen-bond acceptors (Lipinski definition) is 1. The van der Waals surface area contributed by atoms with Crippen LogP contribution in [0.4, 0.5) is 13.2 Å². The van der Waals surface area contributed by atoms with Gasteiger partial charge in [-0.2, -0.15) is 0 Å². The third kappa shape index (κ3) is 3.26. The minimum atomic E-state index is -4.67. The summed E-state index contributed by atoms with van der Waals surface area (Å²) >= 11 is 0. The Morgan fingerprint density at radius 2 is 1.86 bits per heavy atom. The van der Waals surface area contributed by atoms with Crippen LogP contribution >= 0.6 is 0 Å². The van der Waals surface area contributed by atoms with Crippen molar-refractivity contribution in [2.75, 3.05) is 6.54 Å². The number of ether oxygens (including phenoxy) is 1. The van der Waals surface area contributed by atoms with E-state index in [0.29, 0.717) is 5.56 Å². The molecule has 0 fully saturated rings. The van der Waals surface area contributed by atoms with Gasteiger partial charge in [-0.15, -0.1) is 13.2 Å². The molecule has 77 valence electrons. The van der Waals surface area contributed by atoms with E-state index in [4.69, 9.17) is 5.73 Å². The van der Waals surface area contributed by atoms with Gasteiger partial charge in [-0.1, -0.05) is 18.2 Å². The van der Waals surface area contributed by atoms with E-state index in [-0.39, 0.29) is 18.7 Å². The molecule has 0 aliphatic rings. The minimum Gasteiger partial charge on any atom is -0.406 e. The minimum absolute atomic E-state index is 0.0399. The van der Waals surface area contributed by atoms with Crippen molar-refractivity contribution in [3.63, 3.8) is 0 Å². The molecule has 0 amide bonds. The number of nitrogens with one attached hydrogen (secondary N) is 1. The molecule has 0 aliphatic carbocycles. The molecule has 0 aromatic heterocycles. The Labute approximate surface area is 79.5 Å². The zero-order chi connectivity index (χ0) is 10.6. The lowest BCUT2D eigenvalue weighted by molar-refractivity contribution is -0.274. The number of rotatable bonds is 3. The van der Waals surface area contributed by atoms with Crippen LogP contribution in [0.5, 0.6) is 5.75 Å². The van der Waals surface area contributed by atoms with Crippen molar-refractivity contribution in [2.24, 2.45) is 0 Å². The Hall–Kier alpha value is -1.23. The third-order valence-corrected chi connectivity index (χ3v) is 1.59. The maximum Gasteiger partial charge on any atom is 0.573 e. The number of benzene rings is 1. The van der Waals surface area contributed by atoms with Gasteiger partial charge in [-0.25, -0.2) is 0 Å². The van der Waals surface area contributed by atoms with Crippen LogP contribution in [0.1, 0.15) is 5.56 Å². The first kappa shape index (κ1) is 10.8. The first-order chi connectivity index (χ1) is 6.53. The van der Waals surface area contributed by atoms with Gasteiger partial charge in [-0.05, 0) is 18.1 Å². The highest BCUT2D eigenvalue weighted by atomic mass is 19.4. The summed E-state index contributed by atoms with van der Waals surface area (Å²) in [5.41, 5.74) is 7.33. The molecule has 0 aliphatic heterocycles. The zero-order valence-corrected chi connectivity index (χ0v) is 7.27. The summed E-state index contributed by atoms with van der Waals surface area (Å²) in [5, 5.41) is 0. The summed E-state index contributed by atoms with van der Waals surface area (Å²) in [4.78, 5) is 0. The molecular weight excluding hydrogens is 195 g/mol. The lowest BCUT2D eigenvalue weighted by atomic mass is 10.1. The molecule has 1 N–H and O–H groups in total. The van der Waals surface area contributed by atoms with E-state index in [1.54, 1.807) is 6.07 Å². The van der Waals surface area contributed by atoms with E-state index in [1.807, 2.05) is 0 Å². The van der Waals surface area contributed by atoms with Gasteiger partial charge in [0.25, 0.3) is 0 Å². The van der Waals surface area contributed by atoms with Crippen LogP contribution in [-0.4, -0.2) is 12.9 Å². The first-order valence-corrected chi connectivity index (χ1v) is 4.01. The van der Waals surface area contributed by atoms with Crippen molar-refractivity contribution in [3.05, 3.63) is 29.8 Å². The Morgan fingerprint density at radius 1 is 1.21 bits per heavy atom. The molecule has 2 nitrogen and oxygen atoms in total. The summed E-state index contributed by atoms with van der Waals surface area (Å²) in [7, 11) is 0. The smallest absolute Gasteiger partial charge is 0.406 e. The van der Waals surface area contributed by atoms with Crippen LogP contribution in [0.15, 0.2) is 24.3 Å². The second-order valence-corrected chi connectivity index (χ2v) is 2.66. The van der Waals surface area contributed by atoms with E-state index in [2.05, 4.69) is 4.74 Å². The van der Waals surface area contributed by atoms with Crippen LogP contribution in [0.3, 0.4) is 0 Å². The van der Waals surface area contributed by atoms with Crippen molar-refractivity contribution in [3.8, 4) is 5.75 Å². The predicted molar refractivity (Wildman–Crippen MR) is 44.8 cm³/mol. The molecule has 0 spiro atoms. The number of para-hydroxylation sites is 1.